The third kappa shape index (κ3) is 6.79. The minimum atomic E-state index is -4.87. The van der Waals surface area contributed by atoms with Crippen LogP contribution < -0.4 is 4.72 Å². The van der Waals surface area contributed by atoms with Crippen molar-refractivity contribution in [2.75, 3.05) is 27.2 Å². The molecule has 230 valence electrons. The first-order valence-corrected chi connectivity index (χ1v) is 14.8. The monoisotopic (exact) mass is 652 g/mol. The van der Waals surface area contributed by atoms with Crippen molar-refractivity contribution < 1.29 is 35.9 Å². The van der Waals surface area contributed by atoms with Gasteiger partial charge in [-0.05, 0) is 45.0 Å². The summed E-state index contributed by atoms with van der Waals surface area (Å²) in [6, 6.07) is 0.884. The number of amides is 1. The van der Waals surface area contributed by atoms with Gasteiger partial charge in [-0.3, -0.25) is 4.72 Å². The summed E-state index contributed by atoms with van der Waals surface area (Å²) in [5.74, 6) is 0.261. The smallest absolute Gasteiger partial charge is 0.417 e. The van der Waals surface area contributed by atoms with Gasteiger partial charge in [-0.2, -0.15) is 13.2 Å². The highest BCUT2D eigenvalue weighted by atomic mass is 35.5. The molecule has 2 aromatic rings. The van der Waals surface area contributed by atoms with Crippen molar-refractivity contribution in [2.24, 2.45) is 0 Å². The van der Waals surface area contributed by atoms with Crippen molar-refractivity contribution in [3.05, 3.63) is 63.9 Å². The summed E-state index contributed by atoms with van der Waals surface area (Å²) in [5, 5.41) is 7.78. The molecule has 2 aliphatic rings. The van der Waals surface area contributed by atoms with Crippen molar-refractivity contribution in [2.45, 2.75) is 55.6 Å². The maximum Gasteiger partial charge on any atom is 0.417 e. The number of carbonyl (C=O) groups is 1. The Morgan fingerprint density at radius 3 is 2.48 bits per heavy atom. The molecule has 1 saturated heterocycles. The van der Waals surface area contributed by atoms with E-state index < -0.39 is 61.6 Å². The molecule has 0 aliphatic carbocycles. The number of rotatable bonds is 6. The van der Waals surface area contributed by atoms with E-state index in [9.17, 15) is 26.4 Å². The van der Waals surface area contributed by atoms with Gasteiger partial charge < -0.3 is 23.8 Å². The van der Waals surface area contributed by atoms with Gasteiger partial charge in [-0.25, -0.2) is 13.2 Å². The normalized spacial score (nSPS) is 21.7. The SMILES string of the molecule is COC1CN(C(=O)OC(C)(C)C)C[C@@H]1n1cnnc1C1C(NS(=O)(=O)c2ccc(Cl)c(C(F)(F)F)c2)=CC(Cl)=CN1C. The van der Waals surface area contributed by atoms with Gasteiger partial charge in [0.2, 0.25) is 0 Å². The summed E-state index contributed by atoms with van der Waals surface area (Å²) >= 11 is 11.9. The van der Waals surface area contributed by atoms with E-state index in [0.29, 0.717) is 6.07 Å². The summed E-state index contributed by atoms with van der Waals surface area (Å²) in [6.45, 7) is 5.66. The molecule has 3 heterocycles. The van der Waals surface area contributed by atoms with E-state index in [1.807, 2.05) is 0 Å². The molecule has 0 bridgehead atoms. The van der Waals surface area contributed by atoms with E-state index in [1.165, 1.54) is 30.6 Å². The molecule has 0 radical (unpaired) electrons. The molecule has 0 spiro atoms. The number of aromatic nitrogens is 3. The number of halogens is 5. The van der Waals surface area contributed by atoms with E-state index in [-0.39, 0.29) is 29.6 Å². The number of alkyl halides is 3. The quantitative estimate of drug-likeness (QED) is 0.478. The second-order valence-electron chi connectivity index (χ2n) is 10.7. The van der Waals surface area contributed by atoms with Crippen LogP contribution in [-0.2, 0) is 25.7 Å². The fourth-order valence-electron chi connectivity index (χ4n) is 4.70. The lowest BCUT2D eigenvalue weighted by Gasteiger charge is -2.33. The first-order valence-electron chi connectivity index (χ1n) is 12.5. The van der Waals surface area contributed by atoms with Crippen LogP contribution in [0.25, 0.3) is 0 Å². The predicted octanol–water partition coefficient (Wildman–Crippen LogP) is 4.69. The van der Waals surface area contributed by atoms with Crippen LogP contribution in [0.4, 0.5) is 18.0 Å². The average Bonchev–Trinajstić information content (AvgIpc) is 3.48. The highest BCUT2D eigenvalue weighted by Gasteiger charge is 2.42. The number of likely N-dealkylation sites (N-methyl/N-ethyl adjacent to an activating group) is 1. The maximum atomic E-state index is 13.4. The minimum Gasteiger partial charge on any atom is -0.444 e. The van der Waals surface area contributed by atoms with E-state index in [4.69, 9.17) is 32.7 Å². The molecule has 4 rings (SSSR count). The average molecular weight is 654 g/mol. The second kappa shape index (κ2) is 11.6. The Kier molecular flexibility index (Phi) is 8.80. The summed E-state index contributed by atoms with van der Waals surface area (Å²) < 4.78 is 82.1. The highest BCUT2D eigenvalue weighted by Crippen LogP contribution is 2.38. The number of sulfonamides is 1. The van der Waals surface area contributed by atoms with E-state index in [0.717, 1.165) is 12.1 Å². The van der Waals surface area contributed by atoms with Crippen LogP contribution >= 0.6 is 23.2 Å². The fourth-order valence-corrected chi connectivity index (χ4v) is 6.31. The standard InChI is InChI=1S/C25H29Cl2F3N6O5S/c1-24(2,3)41-23(37)35-11-19(20(12-35)40-5)36-13-31-32-22(36)21-18(8-14(26)10-34(21)4)33-42(38,39)15-6-7-17(27)16(9-15)25(28,29)30/h6-10,13,19-21,33H,11-12H2,1-5H3/t19-,20?,21?/m0/s1. The number of likely N-dealkylation sites (tertiary alicyclic amines) is 1. The lowest BCUT2D eigenvalue weighted by Crippen LogP contribution is -2.37. The van der Waals surface area contributed by atoms with Crippen molar-refractivity contribution in [1.82, 2.24) is 29.3 Å². The number of hydrogen-bond donors (Lipinski definition) is 1. The Hall–Kier alpha value is -3.01. The largest absolute Gasteiger partial charge is 0.444 e. The van der Waals surface area contributed by atoms with E-state index in [1.54, 1.807) is 37.3 Å². The lowest BCUT2D eigenvalue weighted by atomic mass is 10.1. The Balaban J connectivity index is 1.68. The molecule has 3 atom stereocenters. The highest BCUT2D eigenvalue weighted by molar-refractivity contribution is 7.89. The molecule has 1 N–H and O–H groups in total. The Labute approximate surface area is 250 Å². The molecule has 1 amide bonds. The Bertz CT molecular complexity index is 1520. The third-order valence-electron chi connectivity index (χ3n) is 6.52. The molecular weight excluding hydrogens is 624 g/mol. The summed E-state index contributed by atoms with van der Waals surface area (Å²) in [7, 11) is -1.44. The van der Waals surface area contributed by atoms with Crippen molar-refractivity contribution in [3.63, 3.8) is 0 Å². The van der Waals surface area contributed by atoms with Crippen LogP contribution in [0.3, 0.4) is 0 Å². The maximum absolute atomic E-state index is 13.4. The number of nitrogens with zero attached hydrogens (tertiary/aromatic N) is 5. The first kappa shape index (κ1) is 31.9. The Morgan fingerprint density at radius 1 is 1.17 bits per heavy atom. The number of nitrogens with one attached hydrogen (secondary N) is 1. The molecule has 1 aromatic carbocycles. The van der Waals surface area contributed by atoms with Crippen molar-refractivity contribution in [1.29, 1.82) is 0 Å². The van der Waals surface area contributed by atoms with Crippen molar-refractivity contribution in [3.8, 4) is 0 Å². The van der Waals surface area contributed by atoms with Gasteiger partial charge in [-0.1, -0.05) is 23.2 Å². The van der Waals surface area contributed by atoms with Crippen molar-refractivity contribution >= 4 is 39.3 Å². The van der Waals surface area contributed by atoms with Gasteiger partial charge in [0.25, 0.3) is 10.0 Å². The molecule has 2 unspecified atom stereocenters. The molecule has 42 heavy (non-hydrogen) atoms. The molecular formula is C25H29Cl2F3N6O5S. The van der Waals surface area contributed by atoms with Gasteiger partial charge in [0, 0.05) is 26.9 Å². The number of ether oxygens (including phenoxy) is 2. The summed E-state index contributed by atoms with van der Waals surface area (Å²) in [5.41, 5.74) is -2.01. The molecule has 17 heteroatoms. The number of allylic oxidation sites excluding steroid dienone is 2. The first-order chi connectivity index (χ1) is 19.4. The zero-order chi connectivity index (χ0) is 31.2. The number of methoxy groups -OCH3 is 1. The van der Waals surface area contributed by atoms with Gasteiger partial charge in [0.15, 0.2) is 5.82 Å². The lowest BCUT2D eigenvalue weighted by molar-refractivity contribution is -0.137. The number of carbonyl (C=O) groups excluding carboxylic acids is 1. The van der Waals surface area contributed by atoms with Gasteiger partial charge >= 0.3 is 12.3 Å². The van der Waals surface area contributed by atoms with E-state index in [2.05, 4.69) is 14.9 Å². The van der Waals surface area contributed by atoms with Crippen LogP contribution in [0.2, 0.25) is 5.02 Å². The van der Waals surface area contributed by atoms with Crippen LogP contribution in [0, 0.1) is 0 Å². The van der Waals surface area contributed by atoms with Crippen LogP contribution in [0.15, 0.2) is 52.4 Å². The predicted molar refractivity (Wildman–Crippen MR) is 147 cm³/mol. The Morgan fingerprint density at radius 2 is 1.86 bits per heavy atom. The van der Waals surface area contributed by atoms with Crippen LogP contribution in [0.5, 0.6) is 0 Å². The van der Waals surface area contributed by atoms with Crippen LogP contribution in [-0.4, -0.2) is 78.0 Å². The van der Waals surface area contributed by atoms with Gasteiger partial charge in [0.05, 0.1) is 44.9 Å². The molecule has 2 aliphatic heterocycles. The molecule has 0 saturated carbocycles. The zero-order valence-electron chi connectivity index (χ0n) is 23.2. The van der Waals surface area contributed by atoms with Gasteiger partial charge in [-0.15, -0.1) is 10.2 Å². The second-order valence-corrected chi connectivity index (χ2v) is 13.3. The molecule has 1 fully saturated rings. The molecule has 11 nitrogen and oxygen atoms in total. The third-order valence-corrected chi connectivity index (χ3v) is 8.44. The molecule has 1 aromatic heterocycles. The number of benzene rings is 1. The summed E-state index contributed by atoms with van der Waals surface area (Å²) in [4.78, 5) is 15.2. The van der Waals surface area contributed by atoms with Crippen LogP contribution in [0.1, 0.15) is 44.2 Å². The fraction of sp³-hybridized carbons (Fsp3) is 0.480. The minimum absolute atomic E-state index is 0.00118. The summed E-state index contributed by atoms with van der Waals surface area (Å²) in [6.07, 6.45) is -1.59. The van der Waals surface area contributed by atoms with Gasteiger partial charge in [0.1, 0.15) is 18.0 Å². The topological polar surface area (TPSA) is 119 Å². The zero-order valence-corrected chi connectivity index (χ0v) is 25.5. The van der Waals surface area contributed by atoms with E-state index >= 15 is 0 Å². The number of hydrogen-bond acceptors (Lipinski definition) is 8.